The maximum atomic E-state index is 14.3. The van der Waals surface area contributed by atoms with Gasteiger partial charge in [-0.25, -0.2) is 4.79 Å². The number of nitrogens with zero attached hydrogens (tertiary/aromatic N) is 2. The van der Waals surface area contributed by atoms with Crippen LogP contribution in [0.4, 0.5) is 0 Å². The van der Waals surface area contributed by atoms with Crippen molar-refractivity contribution in [3.8, 4) is 5.75 Å². The van der Waals surface area contributed by atoms with Gasteiger partial charge in [0.25, 0.3) is 0 Å². The number of hydrogen-bond acceptors (Lipinski definition) is 14. The Labute approximate surface area is 434 Å². The number of rotatable bonds is 29. The predicted octanol–water partition coefficient (Wildman–Crippen LogP) is -2.96. The summed E-state index contributed by atoms with van der Waals surface area (Å²) in [5, 5.41) is 34.3. The second kappa shape index (κ2) is 29.3. The van der Waals surface area contributed by atoms with Gasteiger partial charge in [0, 0.05) is 19.5 Å². The monoisotopic (exact) mass is 1050 g/mol. The molecule has 8 atom stereocenters. The number of phenolic OH excluding ortho intramolecular Hbond substituents is 1. The Morgan fingerprint density at radius 3 is 1.76 bits per heavy atom. The number of carboxylic acids is 1. The first kappa shape index (κ1) is 59.9. The van der Waals surface area contributed by atoms with Gasteiger partial charge in [0.05, 0.1) is 25.4 Å². The van der Waals surface area contributed by atoms with Crippen molar-refractivity contribution >= 4 is 65.0 Å². The van der Waals surface area contributed by atoms with E-state index >= 15 is 0 Å². The van der Waals surface area contributed by atoms with Gasteiger partial charge >= 0.3 is 5.97 Å². The highest BCUT2D eigenvalue weighted by Gasteiger charge is 2.44. The van der Waals surface area contributed by atoms with Crippen molar-refractivity contribution in [3.05, 3.63) is 65.7 Å². The molecule has 2 fully saturated rings. The Morgan fingerprint density at radius 1 is 0.640 bits per heavy atom. The molecule has 0 radical (unpaired) electrons. The zero-order chi connectivity index (χ0) is 55.4. The van der Waals surface area contributed by atoms with Crippen molar-refractivity contribution in [1.82, 2.24) is 41.7 Å². The minimum Gasteiger partial charge on any atom is -0.508 e. The Morgan fingerprint density at radius 2 is 1.17 bits per heavy atom. The van der Waals surface area contributed by atoms with Gasteiger partial charge in [0.15, 0.2) is 0 Å². The Hall–Kier alpha value is -7.67. The topological polar surface area (TPSA) is 411 Å². The molecule has 2 aliphatic heterocycles. The molecule has 16 N–H and O–H groups in total. The quantitative estimate of drug-likeness (QED) is 0.0362. The minimum atomic E-state index is -1.67. The molecule has 75 heavy (non-hydrogen) atoms. The van der Waals surface area contributed by atoms with Crippen LogP contribution in [0.5, 0.6) is 5.75 Å². The molecule has 0 saturated carbocycles. The zero-order valence-corrected chi connectivity index (χ0v) is 42.3. The van der Waals surface area contributed by atoms with E-state index < -0.39 is 133 Å². The van der Waals surface area contributed by atoms with Crippen LogP contribution < -0.4 is 54.8 Å². The molecule has 0 aromatic heterocycles. The third-order valence-electron chi connectivity index (χ3n) is 12.7. The number of hydrogen-bond donors (Lipinski definition) is 12. The maximum Gasteiger partial charge on any atom is 0.326 e. The van der Waals surface area contributed by atoms with Crippen LogP contribution in [0.15, 0.2) is 54.6 Å². The van der Waals surface area contributed by atoms with Gasteiger partial charge in [-0.2, -0.15) is 0 Å². The molecule has 2 aliphatic rings. The lowest BCUT2D eigenvalue weighted by Gasteiger charge is -2.33. The first-order valence-corrected chi connectivity index (χ1v) is 25.0. The molecule has 2 aromatic carbocycles. The molecule has 0 aliphatic carbocycles. The number of aromatic hydroxyl groups is 1. The van der Waals surface area contributed by atoms with Gasteiger partial charge in [-0.1, -0.05) is 56.3 Å². The Balaban J connectivity index is 1.41. The fourth-order valence-electron chi connectivity index (χ4n) is 8.91. The minimum absolute atomic E-state index is 0.0368. The number of phenols is 1. The highest BCUT2D eigenvalue weighted by molar-refractivity contribution is 5.99. The van der Waals surface area contributed by atoms with Crippen molar-refractivity contribution in [1.29, 1.82) is 0 Å². The predicted molar refractivity (Wildman–Crippen MR) is 270 cm³/mol. The van der Waals surface area contributed by atoms with E-state index in [1.54, 1.807) is 30.3 Å². The summed E-state index contributed by atoms with van der Waals surface area (Å²) in [5.74, 6) is -9.84. The van der Waals surface area contributed by atoms with Crippen LogP contribution in [-0.2, 0) is 65.6 Å². The summed E-state index contributed by atoms with van der Waals surface area (Å²) in [6, 6.07) is 4.21. The Bertz CT molecular complexity index is 2360. The lowest BCUT2D eigenvalue weighted by Crippen LogP contribution is -2.59. The molecule has 8 unspecified atom stereocenters. The van der Waals surface area contributed by atoms with E-state index in [0.29, 0.717) is 37.8 Å². The van der Waals surface area contributed by atoms with E-state index in [-0.39, 0.29) is 63.3 Å². The number of aliphatic carboxylic acids is 1. The number of primary amides is 2. The molecule has 2 saturated heterocycles. The molecular formula is C50H72N12O13. The molecule has 25 heteroatoms. The van der Waals surface area contributed by atoms with Crippen molar-refractivity contribution in [2.24, 2.45) is 28.9 Å². The standard InChI is InChI=1S/C50H72N12O13/c1-28(2)22-37(60-46(70)36(26-41(54)65)58-43(67)32(52)23-29-10-4-3-5-11-29)48(72)62-21-9-14-39(62)49(73)61-20-8-13-38(61)47(71)55-27-42(66)56-35(25-40(53)64)45(69)59-34(24-30-15-17-31(63)18-16-30)44(68)57-33(50(74)75)12-6-7-19-51/h3-5,10-11,15-18,28,32-39,63H,6-9,12-14,19-27,51-52H2,1-2H3,(H2,53,64)(H2,54,65)(H,55,71)(H,56,66)(H,57,68)(H,58,67)(H,59,69)(H,60,70)(H,74,75). The maximum absolute atomic E-state index is 14.3. The van der Waals surface area contributed by atoms with Gasteiger partial charge in [0.1, 0.15) is 48.0 Å². The molecule has 0 bridgehead atoms. The molecule has 410 valence electrons. The lowest BCUT2D eigenvalue weighted by molar-refractivity contribution is -0.148. The fourth-order valence-corrected chi connectivity index (χ4v) is 8.91. The van der Waals surface area contributed by atoms with E-state index in [0.717, 1.165) is 5.56 Å². The number of nitrogens with two attached hydrogens (primary N) is 4. The van der Waals surface area contributed by atoms with E-state index in [1.165, 1.54) is 34.1 Å². The van der Waals surface area contributed by atoms with Crippen molar-refractivity contribution in [2.45, 2.75) is 139 Å². The summed E-state index contributed by atoms with van der Waals surface area (Å²) < 4.78 is 0. The van der Waals surface area contributed by atoms with Crippen LogP contribution in [0, 0.1) is 5.92 Å². The van der Waals surface area contributed by atoms with Gasteiger partial charge in [-0.3, -0.25) is 47.9 Å². The molecule has 25 nitrogen and oxygen atoms in total. The first-order valence-electron chi connectivity index (χ1n) is 25.0. The van der Waals surface area contributed by atoms with Crippen LogP contribution in [-0.4, -0.2) is 160 Å². The number of nitrogens with one attached hydrogen (secondary N) is 6. The largest absolute Gasteiger partial charge is 0.508 e. The third kappa shape index (κ3) is 19.0. The summed E-state index contributed by atoms with van der Waals surface area (Å²) in [4.78, 5) is 149. The van der Waals surface area contributed by atoms with Gasteiger partial charge in [-0.15, -0.1) is 0 Å². The second-order valence-electron chi connectivity index (χ2n) is 19.2. The SMILES string of the molecule is CC(C)CC(NC(=O)C(CC(N)=O)NC(=O)C(N)Cc1ccccc1)C(=O)N1CCCC1C(=O)N1CCCC1C(=O)NCC(=O)NC(CC(N)=O)C(=O)NC(Cc1ccc(O)cc1)C(=O)NC(CCCCN)C(=O)O. The lowest BCUT2D eigenvalue weighted by atomic mass is 10.0. The number of amides is 10. The summed E-state index contributed by atoms with van der Waals surface area (Å²) in [6.45, 7) is 3.47. The highest BCUT2D eigenvalue weighted by Crippen LogP contribution is 2.26. The summed E-state index contributed by atoms with van der Waals surface area (Å²) in [7, 11) is 0. The average molecular weight is 1050 g/mol. The fraction of sp³-hybridized carbons (Fsp3) is 0.540. The molecule has 0 spiro atoms. The highest BCUT2D eigenvalue weighted by atomic mass is 16.4. The second-order valence-corrected chi connectivity index (χ2v) is 19.2. The normalized spacial score (nSPS) is 17.6. The number of carbonyl (C=O) groups is 11. The summed E-state index contributed by atoms with van der Waals surface area (Å²) in [6.07, 6.45) is 0.854. The molecular weight excluding hydrogens is 977 g/mol. The summed E-state index contributed by atoms with van der Waals surface area (Å²) >= 11 is 0. The Kier molecular flexibility index (Phi) is 23.4. The van der Waals surface area contributed by atoms with E-state index in [9.17, 15) is 63.0 Å². The number of unbranched alkanes of at least 4 members (excludes halogenated alkanes) is 1. The van der Waals surface area contributed by atoms with Crippen molar-refractivity contribution in [3.63, 3.8) is 0 Å². The molecule has 2 heterocycles. The van der Waals surface area contributed by atoms with Gasteiger partial charge < -0.3 is 74.8 Å². The molecule has 2 aromatic rings. The average Bonchev–Trinajstić information content (AvgIpc) is 4.06. The zero-order valence-electron chi connectivity index (χ0n) is 42.3. The number of carboxylic acid groups (broad SMARTS) is 1. The van der Waals surface area contributed by atoms with E-state index in [2.05, 4.69) is 31.9 Å². The number of likely N-dealkylation sites (tertiary alicyclic amines) is 2. The molecule has 10 amide bonds. The van der Waals surface area contributed by atoms with Crippen LogP contribution >= 0.6 is 0 Å². The van der Waals surface area contributed by atoms with Crippen LogP contribution in [0.2, 0.25) is 0 Å². The number of benzene rings is 2. The van der Waals surface area contributed by atoms with E-state index in [4.69, 9.17) is 22.9 Å². The van der Waals surface area contributed by atoms with Gasteiger partial charge in [-0.05, 0) is 93.5 Å². The number of carbonyl (C=O) groups excluding carboxylic acids is 10. The van der Waals surface area contributed by atoms with Crippen molar-refractivity contribution < 1.29 is 63.0 Å². The van der Waals surface area contributed by atoms with Crippen LogP contribution in [0.1, 0.15) is 89.2 Å². The molecule has 4 rings (SSSR count). The van der Waals surface area contributed by atoms with E-state index in [1.807, 2.05) is 13.8 Å². The van der Waals surface area contributed by atoms with Crippen LogP contribution in [0.25, 0.3) is 0 Å². The smallest absolute Gasteiger partial charge is 0.326 e. The van der Waals surface area contributed by atoms with Crippen LogP contribution in [0.3, 0.4) is 0 Å². The first-order chi connectivity index (χ1) is 35.6. The third-order valence-corrected chi connectivity index (χ3v) is 12.7. The van der Waals surface area contributed by atoms with Gasteiger partial charge in [0.2, 0.25) is 59.1 Å². The van der Waals surface area contributed by atoms with Crippen molar-refractivity contribution in [2.75, 3.05) is 26.2 Å². The summed E-state index contributed by atoms with van der Waals surface area (Å²) in [5.41, 5.74) is 23.7.